The zero-order valence-corrected chi connectivity index (χ0v) is 14.6. The van der Waals surface area contributed by atoms with Crippen molar-refractivity contribution in [2.75, 3.05) is 23.7 Å². The van der Waals surface area contributed by atoms with E-state index < -0.39 is 0 Å². The summed E-state index contributed by atoms with van der Waals surface area (Å²) in [6.07, 6.45) is 4.89. The number of amides is 2. The lowest BCUT2D eigenvalue weighted by Gasteiger charge is -2.17. The molecule has 1 atom stereocenters. The van der Waals surface area contributed by atoms with Crippen molar-refractivity contribution in [2.24, 2.45) is 0 Å². The number of rotatable bonds is 5. The summed E-state index contributed by atoms with van der Waals surface area (Å²) in [4.78, 5) is 33.9. The van der Waals surface area contributed by atoms with Crippen LogP contribution in [0.3, 0.4) is 0 Å². The van der Waals surface area contributed by atoms with Crippen LogP contribution in [0.15, 0.2) is 49.3 Å². The molecule has 27 heavy (non-hydrogen) atoms. The molecular formula is C19H18N6O2. The predicted molar refractivity (Wildman–Crippen MR) is 99.9 cm³/mol. The van der Waals surface area contributed by atoms with Gasteiger partial charge >= 0.3 is 0 Å². The minimum Gasteiger partial charge on any atom is -0.350 e. The average molecular weight is 362 g/mol. The van der Waals surface area contributed by atoms with E-state index in [0.717, 1.165) is 6.42 Å². The number of nitrogens with one attached hydrogen (secondary N) is 2. The van der Waals surface area contributed by atoms with Crippen molar-refractivity contribution in [3.05, 3.63) is 60.4 Å². The van der Waals surface area contributed by atoms with Crippen molar-refractivity contribution < 1.29 is 9.59 Å². The third-order valence-corrected chi connectivity index (χ3v) is 4.17. The summed E-state index contributed by atoms with van der Waals surface area (Å²) in [7, 11) is 0. The predicted octanol–water partition coefficient (Wildman–Crippen LogP) is 1.80. The highest BCUT2D eigenvalue weighted by Gasteiger charge is 2.27. The first kappa shape index (κ1) is 18.1. The summed E-state index contributed by atoms with van der Waals surface area (Å²) in [5, 5.41) is 14.6. The minimum absolute atomic E-state index is 0.0491. The number of carbonyl (C=O) groups is 2. The molecule has 0 spiro atoms. The fourth-order valence-corrected chi connectivity index (χ4v) is 2.78. The molecule has 136 valence electrons. The van der Waals surface area contributed by atoms with Gasteiger partial charge in [0.25, 0.3) is 5.91 Å². The van der Waals surface area contributed by atoms with E-state index in [-0.39, 0.29) is 17.9 Å². The first-order chi connectivity index (χ1) is 13.1. The molecule has 1 aliphatic rings. The Morgan fingerprint density at radius 2 is 1.96 bits per heavy atom. The first-order valence-corrected chi connectivity index (χ1v) is 8.40. The standard InChI is InChI=1S/C19H18N6O2/c1-2-17(26)23-15-5-3-14(4-6-15)18(27)25-8-7-16(12-25)24-19-21-10-13(9-20)11-22-19/h2-6,10-11,16H,1,7-8,12H2,(H,23,26)(H,21,22,24). The molecule has 1 aromatic carbocycles. The fourth-order valence-electron chi connectivity index (χ4n) is 2.78. The van der Waals surface area contributed by atoms with Crippen molar-refractivity contribution >= 4 is 23.5 Å². The lowest BCUT2D eigenvalue weighted by molar-refractivity contribution is -0.111. The number of hydrogen-bond acceptors (Lipinski definition) is 6. The maximum Gasteiger partial charge on any atom is 0.253 e. The van der Waals surface area contributed by atoms with E-state index in [1.165, 1.54) is 18.5 Å². The van der Waals surface area contributed by atoms with Crippen LogP contribution in [0.1, 0.15) is 22.3 Å². The molecule has 1 aromatic heterocycles. The molecule has 0 saturated carbocycles. The van der Waals surface area contributed by atoms with E-state index in [9.17, 15) is 9.59 Å². The molecule has 1 aliphatic heterocycles. The lowest BCUT2D eigenvalue weighted by atomic mass is 10.2. The van der Waals surface area contributed by atoms with E-state index in [4.69, 9.17) is 5.26 Å². The van der Waals surface area contributed by atoms with Crippen LogP contribution in [-0.2, 0) is 4.79 Å². The third-order valence-electron chi connectivity index (χ3n) is 4.17. The highest BCUT2D eigenvalue weighted by molar-refractivity contribution is 5.99. The molecule has 1 fully saturated rings. The number of nitriles is 1. The zero-order valence-electron chi connectivity index (χ0n) is 14.6. The molecule has 1 saturated heterocycles. The average Bonchev–Trinajstić information content (AvgIpc) is 3.17. The van der Waals surface area contributed by atoms with Crippen molar-refractivity contribution in [1.82, 2.24) is 14.9 Å². The summed E-state index contributed by atoms with van der Waals surface area (Å²) in [6.45, 7) is 4.56. The second kappa shape index (κ2) is 8.10. The zero-order chi connectivity index (χ0) is 19.2. The molecule has 2 aromatic rings. The van der Waals surface area contributed by atoms with E-state index in [0.29, 0.717) is 35.9 Å². The summed E-state index contributed by atoms with van der Waals surface area (Å²) in [5.41, 5.74) is 1.56. The maximum absolute atomic E-state index is 12.6. The van der Waals surface area contributed by atoms with Crippen molar-refractivity contribution in [3.63, 3.8) is 0 Å². The fraction of sp³-hybridized carbons (Fsp3) is 0.211. The molecule has 8 nitrogen and oxygen atoms in total. The van der Waals surface area contributed by atoms with Gasteiger partial charge < -0.3 is 15.5 Å². The van der Waals surface area contributed by atoms with Crippen LogP contribution in [-0.4, -0.2) is 45.8 Å². The molecule has 2 N–H and O–H groups in total. The summed E-state index contributed by atoms with van der Waals surface area (Å²) < 4.78 is 0. The van der Waals surface area contributed by atoms with Gasteiger partial charge in [0, 0.05) is 30.4 Å². The van der Waals surface area contributed by atoms with Crippen LogP contribution in [0.2, 0.25) is 0 Å². The molecule has 2 heterocycles. The molecule has 2 amide bonds. The number of anilines is 2. The van der Waals surface area contributed by atoms with Crippen LogP contribution < -0.4 is 10.6 Å². The minimum atomic E-state index is -0.299. The van der Waals surface area contributed by atoms with Gasteiger partial charge in [0.05, 0.1) is 18.0 Å². The number of carbonyl (C=O) groups excluding carboxylic acids is 2. The molecule has 0 bridgehead atoms. The smallest absolute Gasteiger partial charge is 0.253 e. The number of likely N-dealkylation sites (tertiary alicyclic amines) is 1. The van der Waals surface area contributed by atoms with Gasteiger partial charge in [-0.05, 0) is 36.8 Å². The third kappa shape index (κ3) is 4.46. The van der Waals surface area contributed by atoms with Gasteiger partial charge in [0.1, 0.15) is 6.07 Å². The topological polar surface area (TPSA) is 111 Å². The number of hydrogen-bond donors (Lipinski definition) is 2. The number of benzene rings is 1. The Bertz CT molecular complexity index is 886. The van der Waals surface area contributed by atoms with Gasteiger partial charge in [-0.15, -0.1) is 0 Å². The Morgan fingerprint density at radius 1 is 1.26 bits per heavy atom. The van der Waals surface area contributed by atoms with Crippen LogP contribution in [0.25, 0.3) is 0 Å². The van der Waals surface area contributed by atoms with Crippen molar-refractivity contribution in [3.8, 4) is 6.07 Å². The Hall–Kier alpha value is -3.73. The Morgan fingerprint density at radius 3 is 2.59 bits per heavy atom. The quantitative estimate of drug-likeness (QED) is 0.785. The van der Waals surface area contributed by atoms with Crippen LogP contribution in [0.4, 0.5) is 11.6 Å². The van der Waals surface area contributed by atoms with E-state index in [1.54, 1.807) is 29.2 Å². The molecule has 0 aliphatic carbocycles. The molecule has 3 rings (SSSR count). The second-order valence-electron chi connectivity index (χ2n) is 6.06. The van der Waals surface area contributed by atoms with Crippen LogP contribution >= 0.6 is 0 Å². The van der Waals surface area contributed by atoms with E-state index in [1.807, 2.05) is 6.07 Å². The number of aromatic nitrogens is 2. The molecular weight excluding hydrogens is 344 g/mol. The summed E-state index contributed by atoms with van der Waals surface area (Å²) in [5.74, 6) is 0.0739. The van der Waals surface area contributed by atoms with Gasteiger partial charge in [0.2, 0.25) is 11.9 Å². The van der Waals surface area contributed by atoms with Crippen LogP contribution in [0.5, 0.6) is 0 Å². The van der Waals surface area contributed by atoms with Gasteiger partial charge in [-0.1, -0.05) is 6.58 Å². The van der Waals surface area contributed by atoms with Crippen molar-refractivity contribution in [1.29, 1.82) is 5.26 Å². The highest BCUT2D eigenvalue weighted by atomic mass is 16.2. The van der Waals surface area contributed by atoms with E-state index in [2.05, 4.69) is 27.2 Å². The molecule has 0 radical (unpaired) electrons. The maximum atomic E-state index is 12.6. The Balaban J connectivity index is 1.57. The Labute approximate surface area is 156 Å². The van der Waals surface area contributed by atoms with Gasteiger partial charge in [-0.2, -0.15) is 5.26 Å². The summed E-state index contributed by atoms with van der Waals surface area (Å²) >= 11 is 0. The van der Waals surface area contributed by atoms with Crippen molar-refractivity contribution in [2.45, 2.75) is 12.5 Å². The van der Waals surface area contributed by atoms with Gasteiger partial charge in [0.15, 0.2) is 0 Å². The Kier molecular flexibility index (Phi) is 5.42. The van der Waals surface area contributed by atoms with Gasteiger partial charge in [-0.3, -0.25) is 9.59 Å². The second-order valence-corrected chi connectivity index (χ2v) is 6.06. The molecule has 1 unspecified atom stereocenters. The lowest BCUT2D eigenvalue weighted by Crippen LogP contribution is -2.31. The highest BCUT2D eigenvalue weighted by Crippen LogP contribution is 2.18. The summed E-state index contributed by atoms with van der Waals surface area (Å²) in [6, 6.07) is 8.76. The van der Waals surface area contributed by atoms with Crippen LogP contribution in [0, 0.1) is 11.3 Å². The monoisotopic (exact) mass is 362 g/mol. The normalized spacial score (nSPS) is 15.7. The SMILES string of the molecule is C=CC(=O)Nc1ccc(C(=O)N2CCC(Nc3ncc(C#N)cn3)C2)cc1. The largest absolute Gasteiger partial charge is 0.350 e. The van der Waals surface area contributed by atoms with E-state index >= 15 is 0 Å². The number of nitrogens with zero attached hydrogens (tertiary/aromatic N) is 4. The first-order valence-electron chi connectivity index (χ1n) is 8.40. The molecule has 8 heteroatoms. The van der Waals surface area contributed by atoms with Gasteiger partial charge in [-0.25, -0.2) is 9.97 Å².